The Morgan fingerprint density at radius 1 is 0.840 bits per heavy atom. The van der Waals surface area contributed by atoms with Crippen LogP contribution in [0.25, 0.3) is 10.8 Å². The molecule has 0 amide bonds. The first-order valence-corrected chi connectivity index (χ1v) is 9.73. The topological polar surface area (TPSA) is 23.5 Å². The maximum absolute atomic E-state index is 10.8. The SMILES string of the molecule is Oc1ccc2ccccc2c1C(c1ccc(Br)cc1)N1CCCCC1. The van der Waals surface area contributed by atoms with E-state index >= 15 is 0 Å². The van der Waals surface area contributed by atoms with Gasteiger partial charge >= 0.3 is 0 Å². The number of rotatable bonds is 3. The van der Waals surface area contributed by atoms with E-state index in [0.29, 0.717) is 5.75 Å². The third kappa shape index (κ3) is 3.31. The van der Waals surface area contributed by atoms with Gasteiger partial charge in [0.25, 0.3) is 0 Å². The lowest BCUT2D eigenvalue weighted by Crippen LogP contribution is -2.34. The lowest BCUT2D eigenvalue weighted by Gasteiger charge is -2.36. The van der Waals surface area contributed by atoms with Gasteiger partial charge in [-0.2, -0.15) is 0 Å². The minimum atomic E-state index is 0.0829. The van der Waals surface area contributed by atoms with Gasteiger partial charge in [0.05, 0.1) is 6.04 Å². The van der Waals surface area contributed by atoms with Gasteiger partial charge < -0.3 is 5.11 Å². The fourth-order valence-corrected chi connectivity index (χ4v) is 4.22. The molecule has 0 aromatic heterocycles. The molecule has 0 radical (unpaired) electrons. The minimum Gasteiger partial charge on any atom is -0.508 e. The quantitative estimate of drug-likeness (QED) is 0.597. The van der Waals surface area contributed by atoms with Crippen LogP contribution in [0.2, 0.25) is 0 Å². The minimum absolute atomic E-state index is 0.0829. The second kappa shape index (κ2) is 7.19. The van der Waals surface area contributed by atoms with Crippen molar-refractivity contribution in [3.05, 3.63) is 76.3 Å². The van der Waals surface area contributed by atoms with Crippen LogP contribution in [0.1, 0.15) is 36.4 Å². The van der Waals surface area contributed by atoms with Crippen molar-refractivity contribution in [1.29, 1.82) is 0 Å². The summed E-state index contributed by atoms with van der Waals surface area (Å²) in [6.07, 6.45) is 3.74. The van der Waals surface area contributed by atoms with Crippen molar-refractivity contribution in [3.8, 4) is 5.75 Å². The Hall–Kier alpha value is -1.84. The van der Waals surface area contributed by atoms with Gasteiger partial charge in [0.2, 0.25) is 0 Å². The molecule has 128 valence electrons. The first-order valence-electron chi connectivity index (χ1n) is 8.94. The summed E-state index contributed by atoms with van der Waals surface area (Å²) >= 11 is 3.54. The Morgan fingerprint density at radius 3 is 2.32 bits per heavy atom. The second-order valence-corrected chi connectivity index (χ2v) is 7.69. The Bertz CT molecular complexity index is 869. The van der Waals surface area contributed by atoms with Crippen LogP contribution >= 0.6 is 15.9 Å². The molecule has 1 atom stereocenters. The highest BCUT2D eigenvalue weighted by Gasteiger charge is 2.27. The van der Waals surface area contributed by atoms with Gasteiger partial charge in [0.1, 0.15) is 5.75 Å². The van der Waals surface area contributed by atoms with E-state index in [1.165, 1.54) is 30.2 Å². The van der Waals surface area contributed by atoms with Crippen LogP contribution in [0.3, 0.4) is 0 Å². The molecule has 1 saturated heterocycles. The average molecular weight is 396 g/mol. The summed E-state index contributed by atoms with van der Waals surface area (Å²) in [4.78, 5) is 2.52. The summed E-state index contributed by atoms with van der Waals surface area (Å²) in [5, 5.41) is 13.1. The third-order valence-corrected chi connectivity index (χ3v) is 5.69. The Labute approximate surface area is 157 Å². The number of fused-ring (bicyclic) bond motifs is 1. The van der Waals surface area contributed by atoms with E-state index in [4.69, 9.17) is 0 Å². The number of piperidine rings is 1. The van der Waals surface area contributed by atoms with E-state index in [-0.39, 0.29) is 6.04 Å². The Morgan fingerprint density at radius 2 is 1.56 bits per heavy atom. The molecule has 4 rings (SSSR count). The van der Waals surface area contributed by atoms with Crippen LogP contribution in [0.4, 0.5) is 0 Å². The van der Waals surface area contributed by atoms with Gasteiger partial charge in [0, 0.05) is 10.0 Å². The molecule has 1 heterocycles. The van der Waals surface area contributed by atoms with E-state index in [2.05, 4.69) is 69.4 Å². The molecule has 3 aromatic carbocycles. The Balaban J connectivity index is 1.91. The molecule has 0 spiro atoms. The number of hydrogen-bond acceptors (Lipinski definition) is 2. The fraction of sp³-hybridized carbons (Fsp3) is 0.273. The van der Waals surface area contributed by atoms with Gasteiger partial charge in [-0.15, -0.1) is 0 Å². The van der Waals surface area contributed by atoms with Crippen molar-refractivity contribution in [2.45, 2.75) is 25.3 Å². The largest absolute Gasteiger partial charge is 0.508 e. The summed E-state index contributed by atoms with van der Waals surface area (Å²) in [6.45, 7) is 2.15. The molecule has 1 N–H and O–H groups in total. The predicted octanol–water partition coefficient (Wildman–Crippen LogP) is 5.88. The molecular formula is C22H22BrNO. The highest BCUT2D eigenvalue weighted by molar-refractivity contribution is 9.10. The van der Waals surface area contributed by atoms with Gasteiger partial charge in [-0.3, -0.25) is 4.90 Å². The van der Waals surface area contributed by atoms with E-state index in [1.807, 2.05) is 12.1 Å². The predicted molar refractivity (Wildman–Crippen MR) is 107 cm³/mol. The second-order valence-electron chi connectivity index (χ2n) is 6.77. The summed E-state index contributed by atoms with van der Waals surface area (Å²) in [6, 6.07) is 20.8. The van der Waals surface area contributed by atoms with Crippen molar-refractivity contribution in [3.63, 3.8) is 0 Å². The van der Waals surface area contributed by atoms with Crippen LogP contribution in [-0.4, -0.2) is 23.1 Å². The molecule has 1 aliphatic heterocycles. The molecule has 1 unspecified atom stereocenters. The van der Waals surface area contributed by atoms with E-state index < -0.39 is 0 Å². The molecule has 1 aliphatic rings. The smallest absolute Gasteiger partial charge is 0.121 e. The van der Waals surface area contributed by atoms with Gasteiger partial charge in [-0.05, 0) is 60.5 Å². The van der Waals surface area contributed by atoms with Crippen LogP contribution in [0.5, 0.6) is 5.75 Å². The lowest BCUT2D eigenvalue weighted by molar-refractivity contribution is 0.186. The number of aromatic hydroxyl groups is 1. The van der Waals surface area contributed by atoms with Crippen molar-refractivity contribution in [2.75, 3.05) is 13.1 Å². The number of phenolic OH excluding ortho intramolecular Hbond substituents is 1. The zero-order valence-electron chi connectivity index (χ0n) is 14.2. The zero-order chi connectivity index (χ0) is 17.2. The normalized spacial score (nSPS) is 16.8. The van der Waals surface area contributed by atoms with Crippen LogP contribution in [-0.2, 0) is 0 Å². The highest BCUT2D eigenvalue weighted by atomic mass is 79.9. The summed E-state index contributed by atoms with van der Waals surface area (Å²) in [5.41, 5.74) is 2.26. The van der Waals surface area contributed by atoms with Crippen LogP contribution in [0.15, 0.2) is 65.1 Å². The fourth-order valence-electron chi connectivity index (χ4n) is 3.95. The molecule has 0 bridgehead atoms. The zero-order valence-corrected chi connectivity index (χ0v) is 15.7. The van der Waals surface area contributed by atoms with Gasteiger partial charge in [0.15, 0.2) is 0 Å². The molecule has 3 aromatic rings. The number of hydrogen-bond donors (Lipinski definition) is 1. The molecule has 25 heavy (non-hydrogen) atoms. The monoisotopic (exact) mass is 395 g/mol. The first-order chi connectivity index (χ1) is 12.2. The summed E-state index contributed by atoms with van der Waals surface area (Å²) in [7, 11) is 0. The van der Waals surface area contributed by atoms with E-state index in [9.17, 15) is 5.11 Å². The molecular weight excluding hydrogens is 374 g/mol. The van der Waals surface area contributed by atoms with E-state index in [1.54, 1.807) is 0 Å². The van der Waals surface area contributed by atoms with Gasteiger partial charge in [-0.25, -0.2) is 0 Å². The average Bonchev–Trinajstić information content (AvgIpc) is 2.66. The van der Waals surface area contributed by atoms with Gasteiger partial charge in [-0.1, -0.05) is 64.8 Å². The molecule has 2 nitrogen and oxygen atoms in total. The van der Waals surface area contributed by atoms with Crippen molar-refractivity contribution in [1.82, 2.24) is 4.90 Å². The van der Waals surface area contributed by atoms with Crippen LogP contribution < -0.4 is 0 Å². The highest BCUT2D eigenvalue weighted by Crippen LogP contribution is 2.40. The molecule has 0 aliphatic carbocycles. The maximum Gasteiger partial charge on any atom is 0.121 e. The molecule has 3 heteroatoms. The maximum atomic E-state index is 10.8. The van der Waals surface area contributed by atoms with Crippen molar-refractivity contribution in [2.24, 2.45) is 0 Å². The lowest BCUT2D eigenvalue weighted by atomic mass is 9.90. The Kier molecular flexibility index (Phi) is 4.78. The summed E-state index contributed by atoms with van der Waals surface area (Å²) in [5.74, 6) is 0.386. The number of phenols is 1. The molecule has 1 fully saturated rings. The first kappa shape index (κ1) is 16.6. The number of nitrogens with zero attached hydrogens (tertiary/aromatic N) is 1. The number of likely N-dealkylation sites (tertiary alicyclic amines) is 1. The van der Waals surface area contributed by atoms with E-state index in [0.717, 1.165) is 28.5 Å². The number of halogens is 1. The molecule has 0 saturated carbocycles. The standard InChI is InChI=1S/C22H22BrNO/c23-18-11-8-17(9-12-18)22(24-14-4-1-5-15-24)21-19-7-3-2-6-16(19)10-13-20(21)25/h2-3,6-13,22,25H,1,4-5,14-15H2. The third-order valence-electron chi connectivity index (χ3n) is 5.16. The van der Waals surface area contributed by atoms with Crippen molar-refractivity contribution < 1.29 is 5.11 Å². The summed E-state index contributed by atoms with van der Waals surface area (Å²) < 4.78 is 1.08. The van der Waals surface area contributed by atoms with Crippen molar-refractivity contribution >= 4 is 26.7 Å². The van der Waals surface area contributed by atoms with Crippen LogP contribution in [0, 0.1) is 0 Å². The number of benzene rings is 3.